The Labute approximate surface area is 404 Å². The molecule has 8 heteroatoms. The lowest BCUT2D eigenvalue weighted by Gasteiger charge is -2.25. The number of hydrogen-bond acceptors (Lipinski definition) is 6. The number of nitrogens with zero attached hydrogens (tertiary/aromatic N) is 8. The summed E-state index contributed by atoms with van der Waals surface area (Å²) >= 11 is 0. The van der Waals surface area contributed by atoms with Gasteiger partial charge in [-0.25, -0.2) is 14.8 Å². The Hall–Kier alpha value is -10.4. The molecule has 0 fully saturated rings. The molecule has 0 N–H and O–H groups in total. The zero-order valence-electron chi connectivity index (χ0n) is 37.4. The van der Waals surface area contributed by atoms with Crippen LogP contribution in [0.15, 0.2) is 218 Å². The first-order valence-electron chi connectivity index (χ1n) is 22.5. The summed E-state index contributed by atoms with van der Waals surface area (Å²) in [6, 6.07) is 78.8. The molecule has 0 radical (unpaired) electrons. The van der Waals surface area contributed by atoms with Crippen LogP contribution in [-0.4, -0.2) is 14.5 Å². The molecule has 8 nitrogen and oxygen atoms in total. The predicted octanol–water partition coefficient (Wildman–Crippen LogP) is 15.5. The van der Waals surface area contributed by atoms with Gasteiger partial charge < -0.3 is 9.47 Å². The van der Waals surface area contributed by atoms with Crippen LogP contribution in [0.1, 0.15) is 16.7 Å². The third-order valence-electron chi connectivity index (χ3n) is 12.6. The average molecular weight is 893 g/mol. The molecule has 0 spiro atoms. The molecular weight excluding hydrogens is 857 g/mol. The average Bonchev–Trinajstić information content (AvgIpc) is 3.77. The topological polar surface area (TPSA) is 110 Å². The van der Waals surface area contributed by atoms with Gasteiger partial charge in [0.15, 0.2) is 11.5 Å². The van der Waals surface area contributed by atoms with Crippen molar-refractivity contribution < 1.29 is 0 Å². The minimum Gasteiger partial charge on any atom is -0.310 e. The summed E-state index contributed by atoms with van der Waals surface area (Å²) in [7, 11) is 0. The Morgan fingerprint density at radius 2 is 0.971 bits per heavy atom. The van der Waals surface area contributed by atoms with Crippen molar-refractivity contribution in [3.05, 3.63) is 246 Å². The largest absolute Gasteiger partial charge is 0.310 e. The van der Waals surface area contributed by atoms with Gasteiger partial charge in [-0.1, -0.05) is 103 Å². The van der Waals surface area contributed by atoms with E-state index in [1.54, 1.807) is 54.6 Å². The summed E-state index contributed by atoms with van der Waals surface area (Å²) < 4.78 is 2.32. The van der Waals surface area contributed by atoms with Crippen molar-refractivity contribution in [2.45, 2.75) is 0 Å². The minimum absolute atomic E-state index is 0.350. The molecule has 0 aliphatic carbocycles. The molecule has 0 bridgehead atoms. The van der Waals surface area contributed by atoms with Gasteiger partial charge in [-0.2, -0.15) is 15.8 Å². The molecule has 2 aromatic heterocycles. The Morgan fingerprint density at radius 3 is 1.59 bits per heavy atom. The van der Waals surface area contributed by atoms with E-state index in [4.69, 9.17) is 16.5 Å². The van der Waals surface area contributed by atoms with E-state index < -0.39 is 0 Å². The van der Waals surface area contributed by atoms with Crippen LogP contribution >= 0.6 is 0 Å². The van der Waals surface area contributed by atoms with Crippen molar-refractivity contribution in [3.8, 4) is 80.1 Å². The van der Waals surface area contributed by atoms with E-state index in [2.05, 4.69) is 148 Å². The number of para-hydroxylation sites is 3. The number of anilines is 3. The Bertz CT molecular complexity index is 3830. The quantitative estimate of drug-likeness (QED) is 0.134. The van der Waals surface area contributed by atoms with Crippen LogP contribution in [0.25, 0.3) is 88.5 Å². The summed E-state index contributed by atoms with van der Waals surface area (Å²) in [5, 5.41) is 31.7. The third kappa shape index (κ3) is 7.83. The van der Waals surface area contributed by atoms with Gasteiger partial charge in [0.2, 0.25) is 0 Å². The van der Waals surface area contributed by atoms with Gasteiger partial charge in [0.05, 0.1) is 63.9 Å². The highest BCUT2D eigenvalue weighted by molar-refractivity contribution is 6.10. The number of aromatic nitrogens is 3. The van der Waals surface area contributed by atoms with Gasteiger partial charge in [0.25, 0.3) is 0 Å². The first-order chi connectivity index (χ1) is 34.5. The van der Waals surface area contributed by atoms with Crippen molar-refractivity contribution in [1.29, 1.82) is 15.8 Å². The molecule has 0 aliphatic rings. The molecule has 0 atom stereocenters. The van der Waals surface area contributed by atoms with Crippen LogP contribution < -0.4 is 4.90 Å². The summed E-state index contributed by atoms with van der Waals surface area (Å²) in [4.78, 5) is 16.0. The fourth-order valence-electron chi connectivity index (χ4n) is 9.11. The van der Waals surface area contributed by atoms with Crippen molar-refractivity contribution >= 4 is 44.6 Å². The lowest BCUT2D eigenvalue weighted by Crippen LogP contribution is -2.09. The van der Waals surface area contributed by atoms with E-state index in [-0.39, 0.29) is 0 Å². The maximum absolute atomic E-state index is 10.6. The van der Waals surface area contributed by atoms with E-state index in [1.807, 2.05) is 48.5 Å². The fourth-order valence-corrected chi connectivity index (χ4v) is 9.11. The van der Waals surface area contributed by atoms with Crippen LogP contribution in [0.2, 0.25) is 0 Å². The maximum atomic E-state index is 10.6. The SMILES string of the molecule is [C-]#[N+]c1cc(-c2cc(-c3ccc(C#N)cc3)nc(-c3ccc(C#N)cc3)n2)c(C#N)cc1-c1ccc(-c2ccc(-n3c4ccccc4c4cc(N(c5ccccc5)c5ccccc5)ccc43)cc2)cc1. The molecule has 0 amide bonds. The molecule has 0 unspecified atom stereocenters. The van der Waals surface area contributed by atoms with Crippen molar-refractivity contribution in [2.75, 3.05) is 4.90 Å². The van der Waals surface area contributed by atoms with E-state index in [1.165, 1.54) is 5.39 Å². The molecule has 0 saturated heterocycles. The summed E-state index contributed by atoms with van der Waals surface area (Å²) in [5.41, 5.74) is 14.7. The Kier molecular flexibility index (Phi) is 10.9. The minimum atomic E-state index is 0.350. The van der Waals surface area contributed by atoms with Crippen molar-refractivity contribution in [1.82, 2.24) is 14.5 Å². The van der Waals surface area contributed by atoms with E-state index in [0.717, 1.165) is 61.4 Å². The molecule has 0 saturated carbocycles. The number of nitriles is 3. The van der Waals surface area contributed by atoms with Crippen LogP contribution in [0, 0.1) is 40.6 Å². The molecule has 9 aromatic carbocycles. The highest BCUT2D eigenvalue weighted by atomic mass is 15.1. The molecule has 70 heavy (non-hydrogen) atoms. The number of fused-ring (bicyclic) bond motifs is 3. The Morgan fingerprint density at radius 1 is 0.429 bits per heavy atom. The van der Waals surface area contributed by atoms with Crippen LogP contribution in [-0.2, 0) is 0 Å². The van der Waals surface area contributed by atoms with Crippen LogP contribution in [0.3, 0.4) is 0 Å². The zero-order valence-corrected chi connectivity index (χ0v) is 37.4. The summed E-state index contributed by atoms with van der Waals surface area (Å²) in [6.45, 7) is 8.26. The summed E-state index contributed by atoms with van der Waals surface area (Å²) in [5.74, 6) is 0.390. The van der Waals surface area contributed by atoms with Crippen LogP contribution in [0.4, 0.5) is 22.7 Å². The summed E-state index contributed by atoms with van der Waals surface area (Å²) in [6.07, 6.45) is 0. The van der Waals surface area contributed by atoms with E-state index in [9.17, 15) is 15.8 Å². The standard InChI is InChI=1S/C62H36N8/c1-66-58-36-55(59-37-57(46-20-16-41(38-63)17-21-46)67-62(68-59)47-22-18-42(39-64)19-23-47)48(40-65)34-54(58)45-26-24-43(25-27-45)44-28-30-51(31-29-44)70-60-15-9-8-14-53(60)56-35-52(32-33-61(56)70)69(49-10-4-2-5-11-49)50-12-6-3-7-13-50/h2-37H. The lowest BCUT2D eigenvalue weighted by molar-refractivity contribution is 1.18. The van der Waals surface area contributed by atoms with Crippen molar-refractivity contribution in [3.63, 3.8) is 0 Å². The normalized spacial score (nSPS) is 10.8. The molecule has 324 valence electrons. The van der Waals surface area contributed by atoms with E-state index in [0.29, 0.717) is 56.3 Å². The van der Waals surface area contributed by atoms with Gasteiger partial charge in [-0.3, -0.25) is 0 Å². The molecular formula is C62H36N8. The van der Waals surface area contributed by atoms with Gasteiger partial charge in [0, 0.05) is 50.2 Å². The number of benzene rings is 9. The molecule has 0 aliphatic heterocycles. The highest BCUT2D eigenvalue weighted by Gasteiger charge is 2.20. The second-order valence-electron chi connectivity index (χ2n) is 16.7. The van der Waals surface area contributed by atoms with Crippen molar-refractivity contribution in [2.24, 2.45) is 0 Å². The zero-order chi connectivity index (χ0) is 47.6. The molecule has 2 heterocycles. The van der Waals surface area contributed by atoms with E-state index >= 15 is 0 Å². The van der Waals surface area contributed by atoms with Gasteiger partial charge in [0.1, 0.15) is 0 Å². The smallest absolute Gasteiger partial charge is 0.195 e. The maximum Gasteiger partial charge on any atom is 0.195 e. The molecule has 11 rings (SSSR count). The van der Waals surface area contributed by atoms with Gasteiger partial charge in [-0.15, -0.1) is 0 Å². The Balaban J connectivity index is 0.916. The second-order valence-corrected chi connectivity index (χ2v) is 16.7. The monoisotopic (exact) mass is 892 g/mol. The fraction of sp³-hybridized carbons (Fsp3) is 0. The first-order valence-corrected chi connectivity index (χ1v) is 22.5. The van der Waals surface area contributed by atoms with Gasteiger partial charge >= 0.3 is 0 Å². The number of hydrogen-bond donors (Lipinski definition) is 0. The highest BCUT2D eigenvalue weighted by Crippen LogP contribution is 2.41. The number of rotatable bonds is 9. The molecule has 11 aromatic rings. The lowest BCUT2D eigenvalue weighted by atomic mass is 9.94. The second kappa shape index (κ2) is 18.1. The van der Waals surface area contributed by atoms with Gasteiger partial charge in [-0.05, 0) is 138 Å². The third-order valence-corrected chi connectivity index (χ3v) is 12.6. The first kappa shape index (κ1) is 42.3. The van der Waals surface area contributed by atoms with Crippen LogP contribution in [0.5, 0.6) is 0 Å². The predicted molar refractivity (Wildman–Crippen MR) is 279 cm³/mol.